The fraction of sp³-hybridized carbons (Fsp3) is 0.0588. The summed E-state index contributed by atoms with van der Waals surface area (Å²) >= 11 is 10.1. The molecule has 3 aromatic rings. The van der Waals surface area contributed by atoms with E-state index in [-0.39, 0.29) is 5.11 Å². The van der Waals surface area contributed by atoms with Crippen molar-refractivity contribution >= 4 is 57.1 Å². The maximum Gasteiger partial charge on any atom is 0.211 e. The van der Waals surface area contributed by atoms with Gasteiger partial charge in [-0.15, -0.1) is 10.2 Å². The van der Waals surface area contributed by atoms with Crippen LogP contribution >= 0.6 is 24.4 Å². The molecule has 6 N–H and O–H groups in total. The van der Waals surface area contributed by atoms with Crippen molar-refractivity contribution in [2.45, 2.75) is 6.54 Å². The summed E-state index contributed by atoms with van der Waals surface area (Å²) in [5.41, 5.74) is 14.2. The fourth-order valence-corrected chi connectivity index (χ4v) is 2.53. The van der Waals surface area contributed by atoms with Crippen molar-refractivity contribution in [3.8, 4) is 0 Å². The van der Waals surface area contributed by atoms with Gasteiger partial charge in [0.25, 0.3) is 0 Å². The molecule has 9 heteroatoms. The smallest absolute Gasteiger partial charge is 0.211 e. The van der Waals surface area contributed by atoms with Crippen molar-refractivity contribution in [2.75, 3.05) is 5.43 Å². The molecule has 1 heterocycles. The van der Waals surface area contributed by atoms with Crippen LogP contribution < -0.4 is 21.9 Å². The van der Waals surface area contributed by atoms with Gasteiger partial charge in [0.2, 0.25) is 5.11 Å². The third-order valence-corrected chi connectivity index (χ3v) is 3.86. The minimum atomic E-state index is -0.0392. The molecule has 2 aromatic carbocycles. The number of rotatable bonds is 5. The number of hydrazine groups is 1. The van der Waals surface area contributed by atoms with Crippen molar-refractivity contribution in [2.24, 2.45) is 16.0 Å². The Morgan fingerprint density at radius 1 is 1.04 bits per heavy atom. The van der Waals surface area contributed by atoms with Crippen molar-refractivity contribution in [3.63, 3.8) is 0 Å². The fourth-order valence-electron chi connectivity index (χ4n) is 2.37. The number of fused-ring (bicyclic) bond motifs is 1. The molecule has 1 aromatic heterocycles. The number of para-hydroxylation sites is 1. The van der Waals surface area contributed by atoms with Crippen LogP contribution in [0.4, 0.5) is 11.5 Å². The number of nitrogens with zero attached hydrogens (tertiary/aromatic N) is 2. The van der Waals surface area contributed by atoms with Gasteiger partial charge in [0.15, 0.2) is 10.9 Å². The summed E-state index contributed by atoms with van der Waals surface area (Å²) in [6, 6.07) is 17.7. The summed E-state index contributed by atoms with van der Waals surface area (Å²) in [6.07, 6.45) is 0. The number of nitrogens with two attached hydrogens (primary N) is 1. The van der Waals surface area contributed by atoms with Crippen LogP contribution in [0.15, 0.2) is 64.8 Å². The Morgan fingerprint density at radius 2 is 1.77 bits per heavy atom. The first-order valence-electron chi connectivity index (χ1n) is 7.79. The van der Waals surface area contributed by atoms with E-state index in [4.69, 9.17) is 30.2 Å². The average molecular weight is 384 g/mol. The van der Waals surface area contributed by atoms with Gasteiger partial charge in [-0.3, -0.25) is 10.9 Å². The SMILES string of the molecule is NC(=S)/N=N/c1[nH]c2ccccc2c1NNC(=S)NCc1ccccc1. The van der Waals surface area contributed by atoms with Crippen LogP contribution in [0.25, 0.3) is 10.9 Å². The zero-order valence-electron chi connectivity index (χ0n) is 13.7. The van der Waals surface area contributed by atoms with Crippen molar-refractivity contribution < 1.29 is 0 Å². The number of anilines is 1. The summed E-state index contributed by atoms with van der Waals surface area (Å²) in [4.78, 5) is 3.16. The first-order chi connectivity index (χ1) is 12.6. The number of hydrogen-bond donors (Lipinski definition) is 5. The van der Waals surface area contributed by atoms with Gasteiger partial charge < -0.3 is 16.0 Å². The molecule has 0 aliphatic rings. The van der Waals surface area contributed by atoms with E-state index < -0.39 is 0 Å². The quantitative estimate of drug-likeness (QED) is 0.263. The number of thiocarbonyl (C=S) groups is 2. The maximum absolute atomic E-state index is 5.39. The van der Waals surface area contributed by atoms with Gasteiger partial charge in [-0.05, 0) is 36.1 Å². The number of aromatic amines is 1. The summed E-state index contributed by atoms with van der Waals surface area (Å²) < 4.78 is 0. The number of benzene rings is 2. The van der Waals surface area contributed by atoms with E-state index >= 15 is 0 Å². The molecule has 0 spiro atoms. The minimum absolute atomic E-state index is 0.0392. The van der Waals surface area contributed by atoms with E-state index in [9.17, 15) is 0 Å². The van der Waals surface area contributed by atoms with Crippen LogP contribution in [0.5, 0.6) is 0 Å². The van der Waals surface area contributed by atoms with Crippen LogP contribution in [-0.4, -0.2) is 15.2 Å². The van der Waals surface area contributed by atoms with Crippen molar-refractivity contribution in [1.82, 2.24) is 15.7 Å². The lowest BCUT2D eigenvalue weighted by Gasteiger charge is -2.12. The summed E-state index contributed by atoms with van der Waals surface area (Å²) in [7, 11) is 0. The Balaban J connectivity index is 1.70. The van der Waals surface area contributed by atoms with Crippen molar-refractivity contribution in [3.05, 3.63) is 60.2 Å². The van der Waals surface area contributed by atoms with Crippen LogP contribution in [-0.2, 0) is 6.54 Å². The highest BCUT2D eigenvalue weighted by molar-refractivity contribution is 7.80. The molecular formula is C17H17N7S2. The van der Waals surface area contributed by atoms with E-state index in [1.807, 2.05) is 54.6 Å². The summed E-state index contributed by atoms with van der Waals surface area (Å²) in [5, 5.41) is 12.3. The first kappa shape index (κ1) is 17.8. The van der Waals surface area contributed by atoms with Crippen molar-refractivity contribution in [1.29, 1.82) is 0 Å². The lowest BCUT2D eigenvalue weighted by atomic mass is 10.2. The van der Waals surface area contributed by atoms with Gasteiger partial charge >= 0.3 is 0 Å². The van der Waals surface area contributed by atoms with Gasteiger partial charge in [0.05, 0.1) is 0 Å². The van der Waals surface area contributed by atoms with Crippen LogP contribution in [0.3, 0.4) is 0 Å². The molecule has 0 unspecified atom stereocenters. The molecule has 0 saturated carbocycles. The van der Waals surface area contributed by atoms with Gasteiger partial charge in [-0.1, -0.05) is 48.5 Å². The van der Waals surface area contributed by atoms with Gasteiger partial charge in [0.1, 0.15) is 5.69 Å². The molecule has 0 aliphatic heterocycles. The molecule has 0 aliphatic carbocycles. The molecule has 0 radical (unpaired) electrons. The highest BCUT2D eigenvalue weighted by Gasteiger charge is 2.11. The molecule has 132 valence electrons. The van der Waals surface area contributed by atoms with Gasteiger partial charge in [-0.25, -0.2) is 0 Å². The lowest BCUT2D eigenvalue weighted by molar-refractivity contribution is 0.886. The van der Waals surface area contributed by atoms with E-state index in [2.05, 4.69) is 31.4 Å². The number of azo groups is 1. The minimum Gasteiger partial charge on any atom is -0.373 e. The second kappa shape index (κ2) is 8.37. The van der Waals surface area contributed by atoms with Crippen LogP contribution in [0.2, 0.25) is 0 Å². The Kier molecular flexibility index (Phi) is 5.72. The topological polar surface area (TPSA) is 103 Å². The molecule has 0 atom stereocenters. The molecule has 26 heavy (non-hydrogen) atoms. The standard InChI is InChI=1S/C17H17N7S2/c18-16(25)23-22-15-14(12-8-4-5-9-13(12)20-15)21-24-17(26)19-10-11-6-2-1-3-7-11/h1-9,20-21H,10H2,(H2,18,25)(H2,19,24,26)/b23-22+. The zero-order chi connectivity index (χ0) is 18.4. The van der Waals surface area contributed by atoms with E-state index in [0.29, 0.717) is 23.2 Å². The highest BCUT2D eigenvalue weighted by atomic mass is 32.1. The second-order valence-electron chi connectivity index (χ2n) is 5.35. The Labute approximate surface area is 161 Å². The largest absolute Gasteiger partial charge is 0.373 e. The second-order valence-corrected chi connectivity index (χ2v) is 6.18. The molecule has 0 saturated heterocycles. The zero-order valence-corrected chi connectivity index (χ0v) is 15.3. The Hall–Kier alpha value is -3.04. The lowest BCUT2D eigenvalue weighted by Crippen LogP contribution is -2.38. The molecule has 0 fully saturated rings. The molecule has 7 nitrogen and oxygen atoms in total. The summed E-state index contributed by atoms with van der Waals surface area (Å²) in [5.74, 6) is 0.498. The van der Waals surface area contributed by atoms with E-state index in [1.165, 1.54) is 0 Å². The molecular weight excluding hydrogens is 366 g/mol. The molecule has 0 amide bonds. The maximum atomic E-state index is 5.39. The van der Waals surface area contributed by atoms with Crippen LogP contribution in [0.1, 0.15) is 5.56 Å². The molecule has 0 bridgehead atoms. The van der Waals surface area contributed by atoms with Gasteiger partial charge in [0, 0.05) is 17.4 Å². The first-order valence-corrected chi connectivity index (χ1v) is 8.61. The normalized spacial score (nSPS) is 10.8. The average Bonchev–Trinajstić information content (AvgIpc) is 3.01. The van der Waals surface area contributed by atoms with Crippen LogP contribution in [0, 0.1) is 0 Å². The van der Waals surface area contributed by atoms with Gasteiger partial charge in [-0.2, -0.15) is 0 Å². The number of H-pyrrole nitrogens is 1. The third kappa shape index (κ3) is 4.52. The number of hydrogen-bond acceptors (Lipinski definition) is 4. The Bertz CT molecular complexity index is 950. The molecule has 3 rings (SSSR count). The third-order valence-electron chi connectivity index (χ3n) is 3.53. The highest BCUT2D eigenvalue weighted by Crippen LogP contribution is 2.33. The monoisotopic (exact) mass is 383 g/mol. The predicted octanol–water partition coefficient (Wildman–Crippen LogP) is 3.49. The number of nitrogens with one attached hydrogen (secondary N) is 4. The summed E-state index contributed by atoms with van der Waals surface area (Å²) in [6.45, 7) is 0.621. The van der Waals surface area contributed by atoms with E-state index in [1.54, 1.807) is 0 Å². The van der Waals surface area contributed by atoms with E-state index in [0.717, 1.165) is 16.5 Å². The number of aromatic nitrogens is 1. The Morgan fingerprint density at radius 3 is 2.54 bits per heavy atom. The predicted molar refractivity (Wildman–Crippen MR) is 112 cm³/mol.